The fraction of sp³-hybridized carbons (Fsp3) is 0.167. The van der Waals surface area contributed by atoms with E-state index < -0.39 is 5.91 Å². The second kappa shape index (κ2) is 7.23. The lowest BCUT2D eigenvalue weighted by atomic mass is 10.1. The number of carbonyl (C=O) groups excluding carboxylic acids is 2. The second-order valence-corrected chi connectivity index (χ2v) is 5.20. The summed E-state index contributed by atoms with van der Waals surface area (Å²) >= 11 is 0. The summed E-state index contributed by atoms with van der Waals surface area (Å²) in [6.45, 7) is 3.74. The van der Waals surface area contributed by atoms with Crippen LogP contribution in [-0.4, -0.2) is 11.8 Å². The SMILES string of the molecule is Cc1ccc(NC(=O)c2ccccc2C)c(NC(=O)CC#N)c1. The zero-order valence-electron chi connectivity index (χ0n) is 13.0. The molecule has 0 unspecified atom stereocenters. The summed E-state index contributed by atoms with van der Waals surface area (Å²) in [6.07, 6.45) is -0.237. The summed E-state index contributed by atoms with van der Waals surface area (Å²) in [5, 5.41) is 14.0. The van der Waals surface area contributed by atoms with Gasteiger partial charge in [-0.15, -0.1) is 0 Å². The lowest BCUT2D eigenvalue weighted by molar-refractivity contribution is -0.115. The fourth-order valence-corrected chi connectivity index (χ4v) is 2.15. The number of rotatable bonds is 4. The van der Waals surface area contributed by atoms with Crippen molar-refractivity contribution in [3.63, 3.8) is 0 Å². The van der Waals surface area contributed by atoms with Crippen molar-refractivity contribution in [3.05, 3.63) is 59.2 Å². The van der Waals surface area contributed by atoms with Crippen molar-refractivity contribution in [3.8, 4) is 6.07 Å². The minimum atomic E-state index is -0.413. The quantitative estimate of drug-likeness (QED) is 0.908. The van der Waals surface area contributed by atoms with Crippen LogP contribution in [0.25, 0.3) is 0 Å². The van der Waals surface area contributed by atoms with Gasteiger partial charge in [-0.05, 0) is 43.2 Å². The highest BCUT2D eigenvalue weighted by Gasteiger charge is 2.12. The maximum Gasteiger partial charge on any atom is 0.255 e. The van der Waals surface area contributed by atoms with Gasteiger partial charge < -0.3 is 10.6 Å². The van der Waals surface area contributed by atoms with Crippen molar-refractivity contribution >= 4 is 23.2 Å². The molecule has 0 saturated carbocycles. The summed E-state index contributed by atoms with van der Waals surface area (Å²) in [7, 11) is 0. The lowest BCUT2D eigenvalue weighted by Gasteiger charge is -2.13. The number of benzene rings is 2. The van der Waals surface area contributed by atoms with E-state index in [-0.39, 0.29) is 12.3 Å². The Kier molecular flexibility index (Phi) is 5.11. The highest BCUT2D eigenvalue weighted by Crippen LogP contribution is 2.24. The van der Waals surface area contributed by atoms with Crippen LogP contribution < -0.4 is 10.6 Å². The van der Waals surface area contributed by atoms with Crippen LogP contribution in [0.15, 0.2) is 42.5 Å². The van der Waals surface area contributed by atoms with Crippen LogP contribution in [0, 0.1) is 25.2 Å². The number of amides is 2. The number of hydrogen-bond acceptors (Lipinski definition) is 3. The Bertz CT molecular complexity index is 791. The molecule has 0 aromatic heterocycles. The van der Waals surface area contributed by atoms with E-state index in [9.17, 15) is 9.59 Å². The van der Waals surface area contributed by atoms with Gasteiger partial charge in [0.15, 0.2) is 0 Å². The zero-order valence-corrected chi connectivity index (χ0v) is 13.0. The number of nitrogens with zero attached hydrogens (tertiary/aromatic N) is 1. The Hall–Kier alpha value is -3.13. The highest BCUT2D eigenvalue weighted by molar-refractivity contribution is 6.08. The predicted molar refractivity (Wildman–Crippen MR) is 89.2 cm³/mol. The zero-order chi connectivity index (χ0) is 16.8. The first-order chi connectivity index (χ1) is 11.0. The molecule has 2 rings (SSSR count). The van der Waals surface area contributed by atoms with Crippen LogP contribution in [0.2, 0.25) is 0 Å². The molecule has 116 valence electrons. The van der Waals surface area contributed by atoms with Gasteiger partial charge in [-0.1, -0.05) is 24.3 Å². The lowest BCUT2D eigenvalue weighted by Crippen LogP contribution is -2.17. The average molecular weight is 307 g/mol. The van der Waals surface area contributed by atoms with E-state index in [0.717, 1.165) is 11.1 Å². The molecule has 0 radical (unpaired) electrons. The van der Waals surface area contributed by atoms with E-state index in [1.807, 2.05) is 32.0 Å². The Morgan fingerprint density at radius 2 is 1.78 bits per heavy atom. The third-order valence-electron chi connectivity index (χ3n) is 3.33. The van der Waals surface area contributed by atoms with Gasteiger partial charge in [0.05, 0.1) is 17.4 Å². The van der Waals surface area contributed by atoms with Crippen LogP contribution in [0.1, 0.15) is 27.9 Å². The number of aryl methyl sites for hydroxylation is 2. The van der Waals surface area contributed by atoms with Crippen LogP contribution in [0.5, 0.6) is 0 Å². The first-order valence-electron chi connectivity index (χ1n) is 7.15. The van der Waals surface area contributed by atoms with E-state index in [4.69, 9.17) is 5.26 Å². The monoisotopic (exact) mass is 307 g/mol. The largest absolute Gasteiger partial charge is 0.323 e. The van der Waals surface area contributed by atoms with Crippen molar-refractivity contribution in [1.29, 1.82) is 5.26 Å². The van der Waals surface area contributed by atoms with Gasteiger partial charge in [0.25, 0.3) is 5.91 Å². The van der Waals surface area contributed by atoms with E-state index in [0.29, 0.717) is 16.9 Å². The molecule has 0 aliphatic carbocycles. The molecule has 2 aromatic carbocycles. The summed E-state index contributed by atoms with van der Waals surface area (Å²) in [4.78, 5) is 24.0. The van der Waals surface area contributed by atoms with Gasteiger partial charge in [-0.3, -0.25) is 9.59 Å². The summed E-state index contributed by atoms with van der Waals surface area (Å²) in [5.41, 5.74) is 3.35. The number of anilines is 2. The molecule has 0 spiro atoms. The normalized spacial score (nSPS) is 9.78. The molecule has 2 N–H and O–H groups in total. The standard InChI is InChI=1S/C18H17N3O2/c1-12-7-8-15(16(11-12)20-17(22)9-10-19)21-18(23)14-6-4-3-5-13(14)2/h3-8,11H,9H2,1-2H3,(H,20,22)(H,21,23). The Morgan fingerprint density at radius 1 is 1.04 bits per heavy atom. The highest BCUT2D eigenvalue weighted by atomic mass is 16.2. The smallest absolute Gasteiger partial charge is 0.255 e. The van der Waals surface area contributed by atoms with Crippen molar-refractivity contribution < 1.29 is 9.59 Å². The predicted octanol–water partition coefficient (Wildman–Crippen LogP) is 3.41. The number of nitrogens with one attached hydrogen (secondary N) is 2. The molecule has 0 bridgehead atoms. The molecular weight excluding hydrogens is 290 g/mol. The maximum absolute atomic E-state index is 12.4. The molecule has 5 nitrogen and oxygen atoms in total. The molecular formula is C18H17N3O2. The first-order valence-corrected chi connectivity index (χ1v) is 7.15. The van der Waals surface area contributed by atoms with Crippen LogP contribution >= 0.6 is 0 Å². The molecule has 23 heavy (non-hydrogen) atoms. The molecule has 2 amide bonds. The van der Waals surface area contributed by atoms with Crippen molar-refractivity contribution in [1.82, 2.24) is 0 Å². The van der Waals surface area contributed by atoms with E-state index in [1.165, 1.54) is 0 Å². The van der Waals surface area contributed by atoms with Crippen LogP contribution in [-0.2, 0) is 4.79 Å². The van der Waals surface area contributed by atoms with Gasteiger partial charge >= 0.3 is 0 Å². The maximum atomic E-state index is 12.4. The first kappa shape index (κ1) is 16.2. The Balaban J connectivity index is 2.26. The van der Waals surface area contributed by atoms with E-state index in [2.05, 4.69) is 10.6 Å². The molecule has 2 aromatic rings. The average Bonchev–Trinajstić information content (AvgIpc) is 2.50. The van der Waals surface area contributed by atoms with Gasteiger partial charge in [0, 0.05) is 5.56 Å². The number of nitriles is 1. The third-order valence-corrected chi connectivity index (χ3v) is 3.33. The fourth-order valence-electron chi connectivity index (χ4n) is 2.15. The van der Waals surface area contributed by atoms with E-state index in [1.54, 1.807) is 30.3 Å². The van der Waals surface area contributed by atoms with Gasteiger partial charge in [0.2, 0.25) is 5.91 Å². The topological polar surface area (TPSA) is 82.0 Å². The van der Waals surface area contributed by atoms with Crippen LogP contribution in [0.3, 0.4) is 0 Å². The minimum Gasteiger partial charge on any atom is -0.323 e. The van der Waals surface area contributed by atoms with Crippen molar-refractivity contribution in [2.24, 2.45) is 0 Å². The molecule has 0 aliphatic heterocycles. The van der Waals surface area contributed by atoms with Crippen molar-refractivity contribution in [2.75, 3.05) is 10.6 Å². The van der Waals surface area contributed by atoms with E-state index >= 15 is 0 Å². The molecule has 0 saturated heterocycles. The summed E-state index contributed by atoms with van der Waals surface area (Å²) < 4.78 is 0. The third kappa shape index (κ3) is 4.17. The second-order valence-electron chi connectivity index (χ2n) is 5.20. The Morgan fingerprint density at radius 3 is 2.48 bits per heavy atom. The van der Waals surface area contributed by atoms with Crippen molar-refractivity contribution in [2.45, 2.75) is 20.3 Å². The van der Waals surface area contributed by atoms with Gasteiger partial charge in [-0.25, -0.2) is 0 Å². The molecule has 0 fully saturated rings. The van der Waals surface area contributed by atoms with Gasteiger partial charge in [0.1, 0.15) is 6.42 Å². The molecule has 0 atom stereocenters. The number of hydrogen-bond donors (Lipinski definition) is 2. The van der Waals surface area contributed by atoms with Gasteiger partial charge in [-0.2, -0.15) is 5.26 Å². The molecule has 0 aliphatic rings. The Labute approximate surface area is 134 Å². The minimum absolute atomic E-state index is 0.237. The number of carbonyl (C=O) groups is 2. The summed E-state index contributed by atoms with van der Waals surface area (Å²) in [5.74, 6) is -0.660. The molecule has 5 heteroatoms. The summed E-state index contributed by atoms with van der Waals surface area (Å²) in [6, 6.07) is 14.4. The van der Waals surface area contributed by atoms with Crippen LogP contribution in [0.4, 0.5) is 11.4 Å². The molecule has 0 heterocycles.